The molecule has 0 amide bonds. The highest BCUT2D eigenvalue weighted by Crippen LogP contribution is 2.28. The third-order valence-electron chi connectivity index (χ3n) is 4.21. The maximum Gasteiger partial charge on any atom is 0.291 e. The lowest BCUT2D eigenvalue weighted by molar-refractivity contribution is 0.295. The van der Waals surface area contributed by atoms with Crippen molar-refractivity contribution in [2.75, 3.05) is 13.1 Å². The van der Waals surface area contributed by atoms with Gasteiger partial charge in [0.1, 0.15) is 11.3 Å². The summed E-state index contributed by atoms with van der Waals surface area (Å²) in [7, 11) is 0. The first-order chi connectivity index (χ1) is 11.1. The lowest BCUT2D eigenvalue weighted by Crippen LogP contribution is -2.43. The first kappa shape index (κ1) is 14.3. The van der Waals surface area contributed by atoms with E-state index in [2.05, 4.69) is 20.6 Å². The van der Waals surface area contributed by atoms with Crippen molar-refractivity contribution in [3.8, 4) is 5.95 Å². The van der Waals surface area contributed by atoms with E-state index in [9.17, 15) is 4.39 Å². The molecule has 0 saturated carbocycles. The van der Waals surface area contributed by atoms with Crippen LogP contribution in [0.3, 0.4) is 0 Å². The summed E-state index contributed by atoms with van der Waals surface area (Å²) in [5, 5.41) is 12.5. The molecule has 1 aliphatic heterocycles. The first-order valence-electron chi connectivity index (χ1n) is 7.84. The average molecular weight is 315 g/mol. The zero-order valence-corrected chi connectivity index (χ0v) is 13.1. The molecule has 0 aliphatic carbocycles. The summed E-state index contributed by atoms with van der Waals surface area (Å²) in [5.41, 5.74) is 1.22. The summed E-state index contributed by atoms with van der Waals surface area (Å²) in [6, 6.07) is 4.99. The number of aromatic nitrogens is 4. The summed E-state index contributed by atoms with van der Waals surface area (Å²) >= 11 is 0. The molecule has 0 radical (unpaired) electrons. The van der Waals surface area contributed by atoms with Gasteiger partial charge in [0.2, 0.25) is 5.89 Å². The van der Waals surface area contributed by atoms with Gasteiger partial charge in [-0.25, -0.2) is 4.39 Å². The smallest absolute Gasteiger partial charge is 0.291 e. The monoisotopic (exact) mass is 315 g/mol. The molecule has 23 heavy (non-hydrogen) atoms. The Hall–Kier alpha value is -2.28. The highest BCUT2D eigenvalue weighted by molar-refractivity contribution is 5.84. The molecule has 4 rings (SSSR count). The van der Waals surface area contributed by atoms with Gasteiger partial charge in [-0.2, -0.15) is 14.8 Å². The topological polar surface area (TPSA) is 68.8 Å². The second kappa shape index (κ2) is 5.42. The van der Waals surface area contributed by atoms with E-state index in [4.69, 9.17) is 4.52 Å². The maximum atomic E-state index is 14.3. The van der Waals surface area contributed by atoms with Crippen LogP contribution in [0.2, 0.25) is 0 Å². The fourth-order valence-electron chi connectivity index (χ4n) is 2.87. The van der Waals surface area contributed by atoms with Crippen molar-refractivity contribution >= 4 is 10.9 Å². The van der Waals surface area contributed by atoms with Crippen LogP contribution in [-0.2, 0) is 6.42 Å². The molecular formula is C16H18FN5O. The Labute approximate surface area is 132 Å². The Morgan fingerprint density at radius 3 is 2.91 bits per heavy atom. The van der Waals surface area contributed by atoms with E-state index in [1.54, 1.807) is 6.07 Å². The number of halogens is 1. The second-order valence-electron chi connectivity index (χ2n) is 6.30. The molecule has 0 spiro atoms. The van der Waals surface area contributed by atoms with E-state index in [0.717, 1.165) is 30.6 Å². The van der Waals surface area contributed by atoms with Crippen molar-refractivity contribution in [1.82, 2.24) is 25.2 Å². The zero-order chi connectivity index (χ0) is 16.0. The predicted octanol–water partition coefficient (Wildman–Crippen LogP) is 2.43. The molecule has 120 valence electrons. The van der Waals surface area contributed by atoms with Crippen LogP contribution in [0.4, 0.5) is 4.39 Å². The SMILES string of the molecule is CC(C)c1nn(-c2noc(CC3CNC3)n2)c2c(F)cccc12. The van der Waals surface area contributed by atoms with Gasteiger partial charge in [-0.1, -0.05) is 26.0 Å². The Bertz CT molecular complexity index is 849. The van der Waals surface area contributed by atoms with E-state index in [1.165, 1.54) is 10.7 Å². The molecule has 1 aromatic carbocycles. The van der Waals surface area contributed by atoms with Crippen LogP contribution in [0.1, 0.15) is 31.4 Å². The van der Waals surface area contributed by atoms with Crippen LogP contribution in [0.15, 0.2) is 22.7 Å². The minimum atomic E-state index is -0.337. The van der Waals surface area contributed by atoms with Crippen LogP contribution < -0.4 is 5.32 Å². The molecule has 3 heterocycles. The molecule has 0 atom stereocenters. The number of fused-ring (bicyclic) bond motifs is 1. The molecule has 6 nitrogen and oxygen atoms in total. The Balaban J connectivity index is 1.79. The quantitative estimate of drug-likeness (QED) is 0.801. The van der Waals surface area contributed by atoms with E-state index in [1.807, 2.05) is 19.9 Å². The third kappa shape index (κ3) is 2.41. The summed E-state index contributed by atoms with van der Waals surface area (Å²) in [6.07, 6.45) is 0.735. The Kier molecular flexibility index (Phi) is 3.37. The molecular weight excluding hydrogens is 297 g/mol. The van der Waals surface area contributed by atoms with Crippen molar-refractivity contribution in [3.63, 3.8) is 0 Å². The van der Waals surface area contributed by atoms with Crippen LogP contribution in [-0.4, -0.2) is 33.0 Å². The van der Waals surface area contributed by atoms with Crippen molar-refractivity contribution in [3.05, 3.63) is 35.6 Å². The highest BCUT2D eigenvalue weighted by atomic mass is 19.1. The number of rotatable bonds is 4. The molecule has 1 saturated heterocycles. The summed E-state index contributed by atoms with van der Waals surface area (Å²) in [6.45, 7) is 5.99. The number of benzene rings is 1. The van der Waals surface area contributed by atoms with Crippen molar-refractivity contribution < 1.29 is 8.91 Å². The van der Waals surface area contributed by atoms with Gasteiger partial charge in [0.15, 0.2) is 0 Å². The number of nitrogens with zero attached hydrogens (tertiary/aromatic N) is 4. The van der Waals surface area contributed by atoms with Crippen molar-refractivity contribution in [2.45, 2.75) is 26.2 Å². The van der Waals surface area contributed by atoms with E-state index in [-0.39, 0.29) is 17.7 Å². The average Bonchev–Trinajstić information content (AvgIpc) is 3.07. The Morgan fingerprint density at radius 2 is 2.22 bits per heavy atom. The Morgan fingerprint density at radius 1 is 1.39 bits per heavy atom. The minimum Gasteiger partial charge on any atom is -0.337 e. The molecule has 0 unspecified atom stereocenters. The van der Waals surface area contributed by atoms with Gasteiger partial charge in [0, 0.05) is 11.8 Å². The standard InChI is InChI=1S/C16H18FN5O/c1-9(2)14-11-4-3-5-12(17)15(11)22(20-14)16-19-13(23-21-16)6-10-7-18-8-10/h3-5,9-10,18H,6-8H2,1-2H3. The first-order valence-corrected chi connectivity index (χ1v) is 7.84. The molecule has 3 aromatic rings. The fourth-order valence-corrected chi connectivity index (χ4v) is 2.87. The zero-order valence-electron chi connectivity index (χ0n) is 13.1. The van der Waals surface area contributed by atoms with Crippen LogP contribution in [0.5, 0.6) is 0 Å². The van der Waals surface area contributed by atoms with Crippen LogP contribution in [0.25, 0.3) is 16.9 Å². The van der Waals surface area contributed by atoms with E-state index >= 15 is 0 Å². The molecule has 0 bridgehead atoms. The normalized spacial score (nSPS) is 15.5. The number of nitrogens with one attached hydrogen (secondary N) is 1. The number of hydrogen-bond acceptors (Lipinski definition) is 5. The summed E-state index contributed by atoms with van der Waals surface area (Å²) in [4.78, 5) is 4.39. The largest absolute Gasteiger partial charge is 0.337 e. The van der Waals surface area contributed by atoms with Crippen LogP contribution >= 0.6 is 0 Å². The van der Waals surface area contributed by atoms with Gasteiger partial charge in [-0.15, -0.1) is 0 Å². The number of hydrogen-bond donors (Lipinski definition) is 1. The lowest BCUT2D eigenvalue weighted by Gasteiger charge is -2.25. The van der Waals surface area contributed by atoms with E-state index < -0.39 is 0 Å². The maximum absolute atomic E-state index is 14.3. The van der Waals surface area contributed by atoms with Gasteiger partial charge < -0.3 is 9.84 Å². The predicted molar refractivity (Wildman–Crippen MR) is 83.0 cm³/mol. The van der Waals surface area contributed by atoms with Gasteiger partial charge in [0.25, 0.3) is 5.95 Å². The lowest BCUT2D eigenvalue weighted by atomic mass is 10.00. The number of para-hydroxylation sites is 1. The minimum absolute atomic E-state index is 0.174. The molecule has 1 N–H and O–H groups in total. The highest BCUT2D eigenvalue weighted by Gasteiger charge is 2.23. The van der Waals surface area contributed by atoms with Gasteiger partial charge in [0.05, 0.1) is 5.69 Å². The van der Waals surface area contributed by atoms with Gasteiger partial charge in [-0.05, 0) is 36.1 Å². The summed E-state index contributed by atoms with van der Waals surface area (Å²) < 4.78 is 21.1. The fraction of sp³-hybridized carbons (Fsp3) is 0.438. The summed E-state index contributed by atoms with van der Waals surface area (Å²) in [5.74, 6) is 1.22. The van der Waals surface area contributed by atoms with Gasteiger partial charge in [-0.3, -0.25) is 0 Å². The van der Waals surface area contributed by atoms with Crippen LogP contribution in [0, 0.1) is 11.7 Å². The molecule has 1 fully saturated rings. The molecule has 1 aliphatic rings. The molecule has 2 aromatic heterocycles. The van der Waals surface area contributed by atoms with Crippen molar-refractivity contribution in [1.29, 1.82) is 0 Å². The van der Waals surface area contributed by atoms with E-state index in [0.29, 0.717) is 17.3 Å². The third-order valence-corrected chi connectivity index (χ3v) is 4.21. The van der Waals surface area contributed by atoms with Crippen molar-refractivity contribution in [2.24, 2.45) is 5.92 Å². The molecule has 7 heteroatoms. The van der Waals surface area contributed by atoms with Gasteiger partial charge >= 0.3 is 0 Å². The second-order valence-corrected chi connectivity index (χ2v) is 6.30.